The van der Waals surface area contributed by atoms with E-state index < -0.39 is 15.6 Å². The van der Waals surface area contributed by atoms with E-state index >= 15 is 0 Å². The van der Waals surface area contributed by atoms with Crippen molar-refractivity contribution >= 4 is 32.0 Å². The third-order valence-electron chi connectivity index (χ3n) is 6.51. The number of hydrogen-bond acceptors (Lipinski definition) is 5. The molecule has 0 saturated heterocycles. The maximum absolute atomic E-state index is 14.1. The molecule has 35 heavy (non-hydrogen) atoms. The first-order chi connectivity index (χ1) is 16.5. The van der Waals surface area contributed by atoms with Gasteiger partial charge in [0.15, 0.2) is 5.65 Å². The molecule has 0 radical (unpaired) electrons. The summed E-state index contributed by atoms with van der Waals surface area (Å²) in [6, 6.07) is 14.3. The summed E-state index contributed by atoms with van der Waals surface area (Å²) in [6.45, 7) is 7.39. The van der Waals surface area contributed by atoms with E-state index in [-0.39, 0.29) is 4.90 Å². The molecule has 5 rings (SSSR count). The zero-order valence-electron chi connectivity index (χ0n) is 20.4. The molecular weight excluding hydrogens is 460 g/mol. The molecular formula is C27H28N4O3S. The Morgan fingerprint density at radius 3 is 2.26 bits per heavy atom. The van der Waals surface area contributed by atoms with Gasteiger partial charge in [-0.1, -0.05) is 48.9 Å². The number of nitrogens with zero attached hydrogens (tertiary/aromatic N) is 4. The molecule has 0 amide bonds. The van der Waals surface area contributed by atoms with E-state index in [2.05, 4.69) is 10.1 Å². The first-order valence-corrected chi connectivity index (χ1v) is 13.0. The van der Waals surface area contributed by atoms with Crippen LogP contribution in [0.2, 0.25) is 0 Å². The molecule has 180 valence electrons. The van der Waals surface area contributed by atoms with Gasteiger partial charge in [-0.15, -0.1) is 0 Å². The molecule has 0 spiro atoms. The molecule has 0 unspecified atom stereocenters. The van der Waals surface area contributed by atoms with Crippen molar-refractivity contribution in [3.05, 3.63) is 77.6 Å². The topological polar surface area (TPSA) is 90.0 Å². The molecule has 7 nitrogen and oxygen atoms in total. The second-order valence-electron chi connectivity index (χ2n) is 9.43. The molecule has 0 aliphatic rings. The molecule has 0 fully saturated rings. The van der Waals surface area contributed by atoms with Crippen molar-refractivity contribution in [1.29, 1.82) is 0 Å². The highest BCUT2D eigenvalue weighted by Crippen LogP contribution is 2.40. The lowest BCUT2D eigenvalue weighted by Crippen LogP contribution is -2.16. The Labute approximate surface area is 204 Å². The maximum atomic E-state index is 14.1. The Morgan fingerprint density at radius 1 is 1.00 bits per heavy atom. The minimum absolute atomic E-state index is 0.198. The van der Waals surface area contributed by atoms with Crippen molar-refractivity contribution < 1.29 is 13.5 Å². The van der Waals surface area contributed by atoms with Gasteiger partial charge in [-0.25, -0.2) is 17.4 Å². The molecule has 1 N–H and O–H groups in total. The van der Waals surface area contributed by atoms with Gasteiger partial charge in [0.1, 0.15) is 0 Å². The highest BCUT2D eigenvalue weighted by atomic mass is 32.2. The molecule has 0 aliphatic carbocycles. The average Bonchev–Trinajstić information content (AvgIpc) is 3.36. The van der Waals surface area contributed by atoms with Crippen LogP contribution in [0.15, 0.2) is 65.8 Å². The van der Waals surface area contributed by atoms with Gasteiger partial charge in [0.05, 0.1) is 27.9 Å². The van der Waals surface area contributed by atoms with Crippen molar-refractivity contribution in [1.82, 2.24) is 18.7 Å². The van der Waals surface area contributed by atoms with Crippen LogP contribution in [0.25, 0.3) is 33.2 Å². The van der Waals surface area contributed by atoms with Gasteiger partial charge in [-0.2, -0.15) is 5.10 Å². The van der Waals surface area contributed by atoms with Crippen LogP contribution >= 0.6 is 0 Å². The van der Waals surface area contributed by atoms with Crippen LogP contribution in [0.4, 0.5) is 0 Å². The van der Waals surface area contributed by atoms with Gasteiger partial charge in [-0.05, 0) is 56.0 Å². The quantitative estimate of drug-likeness (QED) is 0.379. The molecule has 8 heteroatoms. The van der Waals surface area contributed by atoms with E-state index in [1.807, 2.05) is 45.2 Å². The number of hydrogen-bond donors (Lipinski definition) is 1. The second-order valence-corrected chi connectivity index (χ2v) is 11.2. The van der Waals surface area contributed by atoms with Crippen LogP contribution in [0, 0.1) is 6.92 Å². The Hall–Kier alpha value is -3.49. The van der Waals surface area contributed by atoms with Crippen LogP contribution < -0.4 is 0 Å². The monoisotopic (exact) mass is 488 g/mol. The number of aryl methyl sites for hydroxylation is 3. The summed E-state index contributed by atoms with van der Waals surface area (Å²) in [7, 11) is -2.13. The molecule has 3 aromatic heterocycles. The summed E-state index contributed by atoms with van der Waals surface area (Å²) in [4.78, 5) is 4.83. The van der Waals surface area contributed by atoms with Crippen molar-refractivity contribution in [2.45, 2.75) is 44.6 Å². The van der Waals surface area contributed by atoms with Crippen molar-refractivity contribution in [2.75, 3.05) is 0 Å². The molecule has 5 aromatic rings. The third kappa shape index (κ3) is 3.64. The summed E-state index contributed by atoms with van der Waals surface area (Å²) >= 11 is 0. The third-order valence-corrected chi connectivity index (χ3v) is 8.22. The lowest BCUT2D eigenvalue weighted by molar-refractivity contribution is 0.0786. The largest absolute Gasteiger partial charge is 0.386 e. The predicted octanol–water partition coefficient (Wildman–Crippen LogP) is 4.93. The van der Waals surface area contributed by atoms with Crippen molar-refractivity contribution in [2.24, 2.45) is 7.05 Å². The first-order valence-electron chi connectivity index (χ1n) is 11.5. The van der Waals surface area contributed by atoms with Gasteiger partial charge in [0.2, 0.25) is 0 Å². The highest BCUT2D eigenvalue weighted by molar-refractivity contribution is 7.90. The van der Waals surface area contributed by atoms with Crippen LogP contribution in [0.1, 0.15) is 37.5 Å². The first kappa shape index (κ1) is 23.3. The van der Waals surface area contributed by atoms with Gasteiger partial charge in [-0.3, -0.25) is 4.68 Å². The molecule has 2 aromatic carbocycles. The zero-order chi connectivity index (χ0) is 25.1. The van der Waals surface area contributed by atoms with E-state index in [0.29, 0.717) is 17.8 Å². The fraction of sp³-hybridized carbons (Fsp3) is 0.259. The molecule has 0 bridgehead atoms. The SMILES string of the molecule is CCc1c(-c2ccc(C(C)(C)O)cc2)n(S(=O)(=O)c2ccc(C)cc2)c2ncc3cnn(C)c3c12. The standard InChI is InChI=1S/C27H28N4O3S/c1-6-22-23-25-19(16-29-30(25)5)15-28-26(23)31(35(33,34)21-13-7-17(2)8-14-21)24(22)18-9-11-20(12-10-18)27(3,4)32/h7-16,32H,6H2,1-5H3. The summed E-state index contributed by atoms with van der Waals surface area (Å²) in [5, 5.41) is 16.4. The average molecular weight is 489 g/mol. The normalized spacial score (nSPS) is 12.6. The lowest BCUT2D eigenvalue weighted by atomic mass is 9.95. The summed E-state index contributed by atoms with van der Waals surface area (Å²) in [5.74, 6) is 0. The second kappa shape index (κ2) is 8.03. The predicted molar refractivity (Wildman–Crippen MR) is 138 cm³/mol. The number of aliphatic hydroxyl groups is 1. The van der Waals surface area contributed by atoms with Crippen LogP contribution in [0.3, 0.4) is 0 Å². The van der Waals surface area contributed by atoms with Gasteiger partial charge < -0.3 is 5.11 Å². The van der Waals surface area contributed by atoms with Gasteiger partial charge >= 0.3 is 0 Å². The number of fused-ring (bicyclic) bond motifs is 3. The van der Waals surface area contributed by atoms with Crippen LogP contribution in [0.5, 0.6) is 0 Å². The number of benzene rings is 2. The number of pyridine rings is 1. The van der Waals surface area contributed by atoms with Gasteiger partial charge in [0, 0.05) is 24.0 Å². The van der Waals surface area contributed by atoms with E-state index in [9.17, 15) is 13.5 Å². The Balaban J connectivity index is 1.92. The molecule has 0 atom stereocenters. The lowest BCUT2D eigenvalue weighted by Gasteiger charge is -2.18. The molecule has 0 saturated carbocycles. The smallest absolute Gasteiger partial charge is 0.269 e. The molecule has 3 heterocycles. The van der Waals surface area contributed by atoms with Crippen molar-refractivity contribution in [3.63, 3.8) is 0 Å². The van der Waals surface area contributed by atoms with Gasteiger partial charge in [0.25, 0.3) is 10.0 Å². The van der Waals surface area contributed by atoms with E-state index in [4.69, 9.17) is 0 Å². The molecule has 0 aliphatic heterocycles. The Kier molecular flexibility index (Phi) is 5.34. The summed E-state index contributed by atoms with van der Waals surface area (Å²) in [6.07, 6.45) is 4.01. The summed E-state index contributed by atoms with van der Waals surface area (Å²) in [5.41, 5.74) is 4.14. The number of rotatable bonds is 5. The fourth-order valence-electron chi connectivity index (χ4n) is 4.66. The Morgan fingerprint density at radius 2 is 1.66 bits per heavy atom. The Bertz CT molecular complexity index is 1670. The van der Waals surface area contributed by atoms with E-state index in [1.165, 1.54) is 3.97 Å². The highest BCUT2D eigenvalue weighted by Gasteiger charge is 2.30. The minimum atomic E-state index is -3.98. The number of aromatic nitrogens is 4. The summed E-state index contributed by atoms with van der Waals surface area (Å²) < 4.78 is 31.4. The fourth-order valence-corrected chi connectivity index (χ4v) is 6.17. The van der Waals surface area contributed by atoms with Crippen LogP contribution in [-0.2, 0) is 29.1 Å². The van der Waals surface area contributed by atoms with E-state index in [0.717, 1.165) is 38.5 Å². The zero-order valence-corrected chi connectivity index (χ0v) is 21.3. The van der Waals surface area contributed by atoms with E-state index in [1.54, 1.807) is 55.2 Å². The maximum Gasteiger partial charge on any atom is 0.269 e. The van der Waals surface area contributed by atoms with Crippen LogP contribution in [-0.4, -0.2) is 32.3 Å². The minimum Gasteiger partial charge on any atom is -0.386 e. The van der Waals surface area contributed by atoms with Crippen molar-refractivity contribution in [3.8, 4) is 11.3 Å².